The van der Waals surface area contributed by atoms with E-state index in [1.807, 2.05) is 18.7 Å². The van der Waals surface area contributed by atoms with Crippen molar-refractivity contribution in [3.8, 4) is 0 Å². The second-order valence-electron chi connectivity index (χ2n) is 4.29. The fraction of sp³-hybridized carbons (Fsp3) is 0.727. The molecule has 0 aromatic carbocycles. The highest BCUT2D eigenvalue weighted by molar-refractivity contribution is 14.1. The molecule has 0 radical (unpaired) electrons. The number of aromatic nitrogens is 2. The summed E-state index contributed by atoms with van der Waals surface area (Å²) in [5.74, 6) is 0.677. The van der Waals surface area contributed by atoms with E-state index >= 15 is 0 Å². The van der Waals surface area contributed by atoms with E-state index in [4.69, 9.17) is 0 Å². The van der Waals surface area contributed by atoms with E-state index in [9.17, 15) is 0 Å². The molecule has 0 saturated carbocycles. The van der Waals surface area contributed by atoms with Gasteiger partial charge in [0.25, 0.3) is 0 Å². The van der Waals surface area contributed by atoms with Crippen molar-refractivity contribution in [1.29, 1.82) is 0 Å². The average Bonchev–Trinajstić information content (AvgIpc) is 2.45. The second kappa shape index (κ2) is 5.84. The maximum atomic E-state index is 4.33. The van der Waals surface area contributed by atoms with E-state index in [-0.39, 0.29) is 0 Å². The van der Waals surface area contributed by atoms with Gasteiger partial charge in [-0.3, -0.25) is 4.68 Å². The van der Waals surface area contributed by atoms with Crippen LogP contribution < -0.4 is 5.32 Å². The molecule has 0 aliphatic carbocycles. The number of nitrogens with zero attached hydrogens (tertiary/aromatic N) is 2. The number of alkyl halides is 1. The minimum Gasteiger partial charge on any atom is -0.307 e. The molecule has 0 aliphatic heterocycles. The zero-order chi connectivity index (χ0) is 11.4. The van der Waals surface area contributed by atoms with Gasteiger partial charge in [0.15, 0.2) is 0 Å². The number of hydrogen-bond donors (Lipinski definition) is 1. The van der Waals surface area contributed by atoms with E-state index in [2.05, 4.69) is 52.9 Å². The monoisotopic (exact) mass is 321 g/mol. The van der Waals surface area contributed by atoms with E-state index in [0.717, 1.165) is 16.7 Å². The van der Waals surface area contributed by atoms with Gasteiger partial charge in [-0.25, -0.2) is 0 Å². The van der Waals surface area contributed by atoms with Gasteiger partial charge in [-0.1, -0.05) is 36.4 Å². The third-order valence-electron chi connectivity index (χ3n) is 2.62. The Balaban J connectivity index is 2.52. The normalized spacial score (nSPS) is 13.5. The van der Waals surface area contributed by atoms with Crippen LogP contribution in [0.15, 0.2) is 6.07 Å². The zero-order valence-corrected chi connectivity index (χ0v) is 12.1. The van der Waals surface area contributed by atoms with E-state index in [1.54, 1.807) is 0 Å². The van der Waals surface area contributed by atoms with Crippen molar-refractivity contribution in [3.05, 3.63) is 17.5 Å². The highest BCUT2D eigenvalue weighted by atomic mass is 127. The SMILES string of the molecule is Cc1cc(CNC(CI)C(C)C)n(C)n1. The number of rotatable bonds is 5. The quantitative estimate of drug-likeness (QED) is 0.666. The molecule has 0 fully saturated rings. The lowest BCUT2D eigenvalue weighted by Gasteiger charge is -2.19. The van der Waals surface area contributed by atoms with Gasteiger partial charge in [-0.05, 0) is 18.9 Å². The third kappa shape index (κ3) is 3.75. The zero-order valence-electron chi connectivity index (χ0n) is 9.92. The number of nitrogens with one attached hydrogen (secondary N) is 1. The molecule has 86 valence electrons. The summed E-state index contributed by atoms with van der Waals surface area (Å²) in [6.45, 7) is 7.45. The van der Waals surface area contributed by atoms with Crippen LogP contribution in [0.3, 0.4) is 0 Å². The Kier molecular flexibility index (Phi) is 5.05. The lowest BCUT2D eigenvalue weighted by atomic mass is 10.1. The smallest absolute Gasteiger partial charge is 0.0597 e. The molecular formula is C11H20IN3. The van der Waals surface area contributed by atoms with E-state index in [0.29, 0.717) is 12.0 Å². The first-order valence-corrected chi connectivity index (χ1v) is 6.86. The fourth-order valence-electron chi connectivity index (χ4n) is 1.53. The van der Waals surface area contributed by atoms with Crippen LogP contribution >= 0.6 is 22.6 Å². The van der Waals surface area contributed by atoms with Gasteiger partial charge in [0.2, 0.25) is 0 Å². The minimum atomic E-state index is 0.584. The van der Waals surface area contributed by atoms with Gasteiger partial charge < -0.3 is 5.32 Å². The molecule has 1 atom stereocenters. The Morgan fingerprint density at radius 1 is 1.53 bits per heavy atom. The van der Waals surface area contributed by atoms with Crippen molar-refractivity contribution in [1.82, 2.24) is 15.1 Å². The van der Waals surface area contributed by atoms with Crippen molar-refractivity contribution in [2.75, 3.05) is 4.43 Å². The van der Waals surface area contributed by atoms with Crippen molar-refractivity contribution >= 4 is 22.6 Å². The molecule has 0 bridgehead atoms. The predicted molar refractivity (Wildman–Crippen MR) is 72.3 cm³/mol. The average molecular weight is 321 g/mol. The highest BCUT2D eigenvalue weighted by Gasteiger charge is 2.11. The summed E-state index contributed by atoms with van der Waals surface area (Å²) in [5, 5.41) is 7.91. The molecule has 3 nitrogen and oxygen atoms in total. The molecule has 0 spiro atoms. The third-order valence-corrected chi connectivity index (χ3v) is 3.56. The van der Waals surface area contributed by atoms with E-state index in [1.165, 1.54) is 5.69 Å². The first-order valence-electron chi connectivity index (χ1n) is 5.33. The summed E-state index contributed by atoms with van der Waals surface area (Å²) in [6, 6.07) is 2.72. The molecule has 1 heterocycles. The fourth-order valence-corrected chi connectivity index (χ4v) is 2.86. The van der Waals surface area contributed by atoms with E-state index < -0.39 is 0 Å². The second-order valence-corrected chi connectivity index (χ2v) is 5.17. The number of aryl methyl sites for hydroxylation is 2. The summed E-state index contributed by atoms with van der Waals surface area (Å²) in [5.41, 5.74) is 2.34. The van der Waals surface area contributed by atoms with Crippen molar-refractivity contribution in [2.45, 2.75) is 33.4 Å². The molecule has 0 saturated heterocycles. The summed E-state index contributed by atoms with van der Waals surface area (Å²) in [7, 11) is 2.00. The molecule has 1 aromatic rings. The molecule has 1 N–H and O–H groups in total. The summed E-state index contributed by atoms with van der Waals surface area (Å²) >= 11 is 2.44. The topological polar surface area (TPSA) is 29.9 Å². The van der Waals surface area contributed by atoms with Crippen molar-refractivity contribution in [3.63, 3.8) is 0 Å². The first kappa shape index (κ1) is 13.0. The Morgan fingerprint density at radius 3 is 2.60 bits per heavy atom. The van der Waals surface area contributed by atoms with Crippen molar-refractivity contribution < 1.29 is 0 Å². The number of halogens is 1. The molecule has 1 rings (SSSR count). The molecule has 1 aromatic heterocycles. The first-order chi connectivity index (χ1) is 7.04. The highest BCUT2D eigenvalue weighted by Crippen LogP contribution is 2.07. The van der Waals surface area contributed by atoms with Crippen LogP contribution in [0.25, 0.3) is 0 Å². The lowest BCUT2D eigenvalue weighted by molar-refractivity contribution is 0.429. The van der Waals surface area contributed by atoms with Crippen LogP contribution in [0.1, 0.15) is 25.2 Å². The van der Waals surface area contributed by atoms with Crippen LogP contribution in [0.5, 0.6) is 0 Å². The Morgan fingerprint density at radius 2 is 2.20 bits per heavy atom. The Labute approximate surface area is 106 Å². The Bertz CT molecular complexity index is 307. The number of hydrogen-bond acceptors (Lipinski definition) is 2. The van der Waals surface area contributed by atoms with Gasteiger partial charge in [-0.15, -0.1) is 0 Å². The van der Waals surface area contributed by atoms with Crippen LogP contribution in [0, 0.1) is 12.8 Å². The molecule has 4 heteroatoms. The van der Waals surface area contributed by atoms with Gasteiger partial charge in [-0.2, -0.15) is 5.10 Å². The van der Waals surface area contributed by atoms with Gasteiger partial charge in [0, 0.05) is 24.1 Å². The van der Waals surface area contributed by atoms with Gasteiger partial charge in [0.1, 0.15) is 0 Å². The van der Waals surface area contributed by atoms with Crippen LogP contribution in [0.4, 0.5) is 0 Å². The Hall–Kier alpha value is -0.100. The van der Waals surface area contributed by atoms with Crippen LogP contribution in [-0.4, -0.2) is 20.2 Å². The minimum absolute atomic E-state index is 0.584. The summed E-state index contributed by atoms with van der Waals surface area (Å²) < 4.78 is 3.10. The maximum Gasteiger partial charge on any atom is 0.0597 e. The predicted octanol–water partition coefficient (Wildman–Crippen LogP) is 2.28. The van der Waals surface area contributed by atoms with Crippen LogP contribution in [0.2, 0.25) is 0 Å². The molecule has 1 unspecified atom stereocenters. The largest absolute Gasteiger partial charge is 0.307 e. The standard InChI is InChI=1S/C11H20IN3/c1-8(2)11(6-12)13-7-10-5-9(3)14-15(10)4/h5,8,11,13H,6-7H2,1-4H3. The molecule has 15 heavy (non-hydrogen) atoms. The van der Waals surface area contributed by atoms with Crippen molar-refractivity contribution in [2.24, 2.45) is 13.0 Å². The van der Waals surface area contributed by atoms with Gasteiger partial charge >= 0.3 is 0 Å². The molecule has 0 aliphatic rings. The summed E-state index contributed by atoms with van der Waals surface area (Å²) in [4.78, 5) is 0. The maximum absolute atomic E-state index is 4.33. The molecule has 0 amide bonds. The van der Waals surface area contributed by atoms with Gasteiger partial charge in [0.05, 0.1) is 11.4 Å². The lowest BCUT2D eigenvalue weighted by Crippen LogP contribution is -2.35. The van der Waals surface area contributed by atoms with Crippen LogP contribution in [-0.2, 0) is 13.6 Å². The summed E-state index contributed by atoms with van der Waals surface area (Å²) in [6.07, 6.45) is 0. The molecular weight excluding hydrogens is 301 g/mol.